The quantitative estimate of drug-likeness (QED) is 0.800. The Kier molecular flexibility index (Phi) is 3.85. The van der Waals surface area contributed by atoms with Gasteiger partial charge in [-0.05, 0) is 37.6 Å². The Morgan fingerprint density at radius 1 is 1.44 bits per heavy atom. The summed E-state index contributed by atoms with van der Waals surface area (Å²) in [6, 6.07) is 10.0. The van der Waals surface area contributed by atoms with Crippen molar-refractivity contribution in [3.8, 4) is 0 Å². The third-order valence-electron chi connectivity index (χ3n) is 3.64. The molecule has 0 radical (unpaired) electrons. The van der Waals surface area contributed by atoms with Crippen molar-refractivity contribution in [1.82, 2.24) is 4.90 Å². The van der Waals surface area contributed by atoms with Crippen LogP contribution in [0.5, 0.6) is 0 Å². The van der Waals surface area contributed by atoms with Gasteiger partial charge in [0.15, 0.2) is 0 Å². The Morgan fingerprint density at radius 3 is 2.72 bits per heavy atom. The van der Waals surface area contributed by atoms with Gasteiger partial charge in [0.1, 0.15) is 5.60 Å². The van der Waals surface area contributed by atoms with Crippen molar-refractivity contribution in [3.63, 3.8) is 0 Å². The van der Waals surface area contributed by atoms with Crippen LogP contribution < -0.4 is 0 Å². The molecule has 1 aromatic carbocycles. The molecule has 1 saturated heterocycles. The monoisotopic (exact) mass is 247 g/mol. The number of likely N-dealkylation sites (tertiary alicyclic amines) is 1. The summed E-state index contributed by atoms with van der Waals surface area (Å²) in [7, 11) is 2.03. The van der Waals surface area contributed by atoms with E-state index in [4.69, 9.17) is 5.11 Å². The number of benzene rings is 1. The average molecular weight is 247 g/mol. The second-order valence-corrected chi connectivity index (χ2v) is 5.18. The zero-order valence-corrected chi connectivity index (χ0v) is 11.0. The summed E-state index contributed by atoms with van der Waals surface area (Å²) in [4.78, 5) is 2.16. The number of nitrogens with zero attached hydrogens (tertiary/aromatic N) is 1. The van der Waals surface area contributed by atoms with Crippen molar-refractivity contribution < 1.29 is 10.2 Å². The second kappa shape index (κ2) is 5.22. The fourth-order valence-electron chi connectivity index (χ4n) is 2.80. The molecule has 0 amide bonds. The van der Waals surface area contributed by atoms with Crippen LogP contribution in [0.3, 0.4) is 0 Å². The van der Waals surface area contributed by atoms with Gasteiger partial charge in [-0.1, -0.05) is 30.3 Å². The van der Waals surface area contributed by atoms with Gasteiger partial charge < -0.3 is 10.2 Å². The summed E-state index contributed by atoms with van der Waals surface area (Å²) in [5.41, 5.74) is 1.04. The molecule has 0 saturated carbocycles. The molecule has 3 nitrogen and oxygen atoms in total. The molecule has 1 heterocycles. The maximum atomic E-state index is 10.8. The molecule has 0 bridgehead atoms. The van der Waals surface area contributed by atoms with E-state index < -0.39 is 5.60 Å². The molecule has 0 spiro atoms. The summed E-state index contributed by atoms with van der Waals surface area (Å²) < 4.78 is 0. The first-order valence-electron chi connectivity index (χ1n) is 6.33. The van der Waals surface area contributed by atoms with E-state index in [0.29, 0.717) is 6.42 Å². The topological polar surface area (TPSA) is 43.7 Å². The van der Waals surface area contributed by atoms with Gasteiger partial charge in [-0.15, -0.1) is 0 Å². The van der Waals surface area contributed by atoms with Crippen LogP contribution in [0.1, 0.15) is 24.9 Å². The Morgan fingerprint density at radius 2 is 2.11 bits per heavy atom. The van der Waals surface area contributed by atoms with Gasteiger partial charge in [0, 0.05) is 6.54 Å². The van der Waals surface area contributed by atoms with Crippen LogP contribution in [-0.2, 0) is 0 Å². The smallest absolute Gasteiger partial charge is 0.104 e. The minimum absolute atomic E-state index is 0.00641. The van der Waals surface area contributed by atoms with Crippen molar-refractivity contribution in [2.45, 2.75) is 25.0 Å². The lowest BCUT2D eigenvalue weighted by molar-refractivity contribution is 0.0517. The summed E-state index contributed by atoms with van der Waals surface area (Å²) in [6.45, 7) is 2.69. The van der Waals surface area contributed by atoms with Crippen LogP contribution in [0, 0.1) is 0 Å². The van der Waals surface area contributed by atoms with E-state index in [0.717, 1.165) is 17.7 Å². The highest BCUT2D eigenvalue weighted by molar-refractivity contribution is 5.28. The molecule has 2 unspecified atom stereocenters. The summed E-state index contributed by atoms with van der Waals surface area (Å²) >= 11 is 0. The number of hydrogen-bond acceptors (Lipinski definition) is 3. The molecule has 3 heteroatoms. The second-order valence-electron chi connectivity index (χ2n) is 5.18. The largest absolute Gasteiger partial charge is 0.392 e. The molecule has 0 aliphatic carbocycles. The lowest BCUT2D eigenvalue weighted by Gasteiger charge is -2.31. The predicted octanol–water partition coefficient (Wildman–Crippen LogP) is 1.73. The van der Waals surface area contributed by atoms with E-state index in [1.165, 1.54) is 0 Å². The molecule has 1 aliphatic rings. The highest BCUT2D eigenvalue weighted by Crippen LogP contribution is 2.40. The maximum absolute atomic E-state index is 10.8. The number of hydrogen-bond donors (Lipinski definition) is 2. The van der Waals surface area contributed by atoms with Gasteiger partial charge in [0.25, 0.3) is 0 Å². The van der Waals surface area contributed by atoms with Gasteiger partial charge in [-0.25, -0.2) is 0 Å². The summed E-state index contributed by atoms with van der Waals surface area (Å²) in [5, 5.41) is 20.0. The van der Waals surface area contributed by atoms with Crippen molar-refractivity contribution >= 4 is 0 Å². The normalized spacial score (nSPS) is 29.8. The van der Waals surface area contributed by atoms with E-state index in [-0.39, 0.29) is 12.6 Å². The molecule has 2 N–H and O–H groups in total. The van der Waals surface area contributed by atoms with Gasteiger partial charge in [-0.2, -0.15) is 0 Å². The van der Waals surface area contributed by atoms with Crippen molar-refractivity contribution in [1.29, 1.82) is 0 Å². The standard InChI is InChI=1S/C15H21NO2/c1-12(11-17)10-15(18)8-9-16(2)14(15)13-6-4-3-5-7-13/h3-7,10,14,17-18H,8-9,11H2,1-2H3/b12-10-. The lowest BCUT2D eigenvalue weighted by Crippen LogP contribution is -2.34. The van der Waals surface area contributed by atoms with Gasteiger partial charge in [-0.3, -0.25) is 4.90 Å². The van der Waals surface area contributed by atoms with E-state index in [2.05, 4.69) is 4.90 Å². The van der Waals surface area contributed by atoms with Gasteiger partial charge in [0.2, 0.25) is 0 Å². The minimum atomic E-state index is -0.886. The van der Waals surface area contributed by atoms with E-state index in [9.17, 15) is 5.11 Å². The van der Waals surface area contributed by atoms with E-state index in [1.54, 1.807) is 0 Å². The molecule has 18 heavy (non-hydrogen) atoms. The van der Waals surface area contributed by atoms with Crippen LogP contribution in [0.4, 0.5) is 0 Å². The molecule has 0 aromatic heterocycles. The van der Waals surface area contributed by atoms with Crippen LogP contribution in [0.2, 0.25) is 0 Å². The molecular formula is C15H21NO2. The van der Waals surface area contributed by atoms with E-state index >= 15 is 0 Å². The minimum Gasteiger partial charge on any atom is -0.392 e. The van der Waals surface area contributed by atoms with Crippen LogP contribution >= 0.6 is 0 Å². The first-order chi connectivity index (χ1) is 8.57. The highest BCUT2D eigenvalue weighted by Gasteiger charge is 2.43. The van der Waals surface area contributed by atoms with Crippen molar-refractivity contribution in [2.75, 3.05) is 20.2 Å². The SMILES string of the molecule is C/C(=C/C1(O)CCN(C)C1c1ccccc1)CO. The predicted molar refractivity (Wildman–Crippen MR) is 72.2 cm³/mol. The van der Waals surface area contributed by atoms with Gasteiger partial charge >= 0.3 is 0 Å². The van der Waals surface area contributed by atoms with Crippen molar-refractivity contribution in [3.05, 3.63) is 47.5 Å². The highest BCUT2D eigenvalue weighted by atomic mass is 16.3. The number of aliphatic hydroxyl groups is 2. The summed E-state index contributed by atoms with van der Waals surface area (Å²) in [6.07, 6.45) is 2.51. The molecule has 98 valence electrons. The molecular weight excluding hydrogens is 226 g/mol. The first-order valence-corrected chi connectivity index (χ1v) is 6.33. The molecule has 1 aliphatic heterocycles. The fourth-order valence-corrected chi connectivity index (χ4v) is 2.80. The first kappa shape index (κ1) is 13.3. The van der Waals surface area contributed by atoms with Crippen LogP contribution in [0.15, 0.2) is 42.0 Å². The zero-order valence-electron chi connectivity index (χ0n) is 11.0. The van der Waals surface area contributed by atoms with E-state index in [1.807, 2.05) is 50.4 Å². The van der Waals surface area contributed by atoms with Crippen LogP contribution in [-0.4, -0.2) is 40.9 Å². The lowest BCUT2D eigenvalue weighted by atomic mass is 9.87. The number of aliphatic hydroxyl groups excluding tert-OH is 1. The Balaban J connectivity index is 2.36. The van der Waals surface area contributed by atoms with Crippen molar-refractivity contribution in [2.24, 2.45) is 0 Å². The Hall–Kier alpha value is -1.16. The summed E-state index contributed by atoms with van der Waals surface area (Å²) in [5.74, 6) is 0. The third-order valence-corrected chi connectivity index (χ3v) is 3.64. The van der Waals surface area contributed by atoms with Gasteiger partial charge in [0.05, 0.1) is 12.6 Å². The number of rotatable bonds is 3. The Bertz CT molecular complexity index is 429. The number of likely N-dealkylation sites (N-methyl/N-ethyl adjacent to an activating group) is 1. The third kappa shape index (κ3) is 2.48. The van der Waals surface area contributed by atoms with Crippen LogP contribution in [0.25, 0.3) is 0 Å². The molecule has 2 rings (SSSR count). The molecule has 1 fully saturated rings. The Labute approximate surface area is 108 Å². The zero-order chi connectivity index (χ0) is 13.2. The molecule has 2 atom stereocenters. The fraction of sp³-hybridized carbons (Fsp3) is 0.467. The maximum Gasteiger partial charge on any atom is 0.104 e. The molecule has 1 aromatic rings. The average Bonchev–Trinajstić information content (AvgIpc) is 2.66.